The van der Waals surface area contributed by atoms with Gasteiger partial charge in [-0.2, -0.15) is 0 Å². The number of phenols is 1. The number of ether oxygens (including phenoxy) is 11. The highest BCUT2D eigenvalue weighted by Crippen LogP contribution is 2.69. The van der Waals surface area contributed by atoms with E-state index in [1.54, 1.807) is 49.4 Å². The Morgan fingerprint density at radius 1 is 0.828 bits per heavy atom. The van der Waals surface area contributed by atoms with E-state index in [1.165, 1.54) is 45.4 Å². The summed E-state index contributed by atoms with van der Waals surface area (Å²) in [6.07, 6.45) is 4.60. The number of cyclic esters (lactones) is 1. The summed E-state index contributed by atoms with van der Waals surface area (Å²) < 4.78 is 68.3. The molecule has 0 aromatic heterocycles. The Hall–Kier alpha value is -9.04. The number of aliphatic hydroxyl groups excluding tert-OH is 4. The number of aromatic hydroxyl groups is 1. The third kappa shape index (κ3) is 11.4. The normalized spacial score (nSPS) is 30.1. The topological polar surface area (TPSA) is 329 Å². The molecule has 6 aliphatic heterocycles. The molecule has 524 valence electrons. The third-order valence-electron chi connectivity index (χ3n) is 20.9. The molecule has 1 saturated carbocycles. The summed E-state index contributed by atoms with van der Waals surface area (Å²) in [5.74, 6) is -6.32. The first-order valence-corrected chi connectivity index (χ1v) is 33.3. The second kappa shape index (κ2) is 25.6. The molecule has 4 bridgehead atoms. The summed E-state index contributed by atoms with van der Waals surface area (Å²) in [6.45, 7) is 15.8. The summed E-state index contributed by atoms with van der Waals surface area (Å²) in [5.41, 5.74) is -1.05. The van der Waals surface area contributed by atoms with E-state index < -0.39 is 131 Å². The van der Waals surface area contributed by atoms with E-state index >= 15 is 14.4 Å². The fraction of sp³-hybridized carbons (Fsp3) is 0.467. The third-order valence-corrected chi connectivity index (χ3v) is 20.9. The highest BCUT2D eigenvalue weighted by atomic mass is 16.7. The molecule has 99 heavy (non-hydrogen) atoms. The number of amides is 2. The van der Waals surface area contributed by atoms with Gasteiger partial charge in [0.05, 0.1) is 50.6 Å². The fourth-order valence-electron chi connectivity index (χ4n) is 15.9. The molecule has 4 aliphatic carbocycles. The van der Waals surface area contributed by atoms with Crippen LogP contribution in [0.3, 0.4) is 0 Å². The van der Waals surface area contributed by atoms with Gasteiger partial charge in [-0.3, -0.25) is 24.0 Å². The van der Waals surface area contributed by atoms with Crippen LogP contribution >= 0.6 is 0 Å². The van der Waals surface area contributed by atoms with Crippen molar-refractivity contribution in [1.29, 1.82) is 0 Å². The Morgan fingerprint density at radius 2 is 1.52 bits per heavy atom. The van der Waals surface area contributed by atoms with Gasteiger partial charge in [0.25, 0.3) is 5.91 Å². The summed E-state index contributed by atoms with van der Waals surface area (Å²) in [4.78, 5) is 90.0. The van der Waals surface area contributed by atoms with E-state index in [0.717, 1.165) is 11.1 Å². The van der Waals surface area contributed by atoms with E-state index in [9.17, 15) is 39.9 Å². The standard InChI is InChI=1S/C75H82N2O22/c1-34(2)13-12-22-73(9)23-21-43-63(97-73)42(19-14-35(3)4)65-56(64(43)96-69(87)37(6)76-68(86)38-15-17-41(18-16-38)94-71-62(83)61(82)60(81)52(31-78)95-71)58(79)47-25-40-28-53-72(7,8)99-74(66(40)84,75(47,53)98-65)24-20-36(5)67(85)77-57-45-30-49-48(92-33-93-49)29-44(45)54(55-46(57)32-91-70(55)88)39-26-50(89-10)59(80)51(27-39)90-11/h13-18,20-21,23,25-27,29-30,37,40,46,52-55,57,60-62,71,78,80-83H,12,19,22,24,28,31-33H2,1-11H3,(H,76,86)(H,77,85)/b36-20-/t37?,40?,46?,52-,53?,54?,55?,57?,60-,61-,62-,71-,73?,74?,75?/m1/s1. The van der Waals surface area contributed by atoms with Crippen molar-refractivity contribution >= 4 is 41.4 Å². The van der Waals surface area contributed by atoms with E-state index in [1.807, 2.05) is 60.6 Å². The first-order valence-electron chi connectivity index (χ1n) is 33.3. The van der Waals surface area contributed by atoms with Crippen LogP contribution in [0.4, 0.5) is 0 Å². The highest BCUT2D eigenvalue weighted by Gasteiger charge is 2.81. The lowest BCUT2D eigenvalue weighted by molar-refractivity contribution is -0.277. The molecule has 4 aromatic rings. The summed E-state index contributed by atoms with van der Waals surface area (Å²) in [5, 5.41) is 57.6. The number of ketones is 2. The lowest BCUT2D eigenvalue weighted by Crippen LogP contribution is -2.72. The summed E-state index contributed by atoms with van der Waals surface area (Å²) >= 11 is 0. The van der Waals surface area contributed by atoms with Gasteiger partial charge in [0.1, 0.15) is 58.9 Å². The number of fused-ring (bicyclic) bond motifs is 5. The van der Waals surface area contributed by atoms with Crippen LogP contribution in [-0.2, 0) is 39.8 Å². The lowest BCUT2D eigenvalue weighted by atomic mass is 9.51. The predicted molar refractivity (Wildman–Crippen MR) is 353 cm³/mol. The average Bonchev–Trinajstić information content (AvgIpc) is 1.53. The van der Waals surface area contributed by atoms with Gasteiger partial charge in [0.15, 0.2) is 51.5 Å². The zero-order valence-corrected chi connectivity index (χ0v) is 56.8. The van der Waals surface area contributed by atoms with Crippen LogP contribution in [0.25, 0.3) is 6.08 Å². The van der Waals surface area contributed by atoms with Crippen LogP contribution in [0.2, 0.25) is 0 Å². The second-order valence-electron chi connectivity index (χ2n) is 28.3. The van der Waals surface area contributed by atoms with Crippen molar-refractivity contribution in [2.75, 3.05) is 34.2 Å². The molecule has 0 radical (unpaired) electrons. The van der Waals surface area contributed by atoms with Crippen molar-refractivity contribution in [3.63, 3.8) is 0 Å². The molecule has 4 fully saturated rings. The van der Waals surface area contributed by atoms with Gasteiger partial charge < -0.3 is 88.3 Å². The van der Waals surface area contributed by atoms with E-state index in [4.69, 9.17) is 52.1 Å². The molecule has 6 heterocycles. The number of Topliss-reactive ketones (excluding diaryl/α,β-unsaturated/α-hetero) is 2. The van der Waals surface area contributed by atoms with E-state index in [-0.39, 0.29) is 107 Å². The minimum Gasteiger partial charge on any atom is -0.502 e. The molecule has 24 nitrogen and oxygen atoms in total. The van der Waals surface area contributed by atoms with Crippen LogP contribution in [0.1, 0.15) is 148 Å². The maximum atomic E-state index is 16.4. The van der Waals surface area contributed by atoms with Gasteiger partial charge in [-0.05, 0) is 165 Å². The number of hydrogen-bond acceptors (Lipinski definition) is 22. The molecule has 4 aromatic carbocycles. The second-order valence-corrected chi connectivity index (χ2v) is 28.3. The Morgan fingerprint density at radius 3 is 2.18 bits per heavy atom. The van der Waals surface area contributed by atoms with Crippen molar-refractivity contribution in [2.45, 2.75) is 166 Å². The maximum absolute atomic E-state index is 16.4. The molecule has 24 heteroatoms. The Balaban J connectivity index is 0.849. The van der Waals surface area contributed by atoms with Crippen molar-refractivity contribution < 1.29 is 106 Å². The monoisotopic (exact) mass is 1360 g/mol. The van der Waals surface area contributed by atoms with Gasteiger partial charge in [0, 0.05) is 52.4 Å². The van der Waals surface area contributed by atoms with Crippen LogP contribution < -0.4 is 48.5 Å². The van der Waals surface area contributed by atoms with Gasteiger partial charge in [-0.15, -0.1) is 0 Å². The zero-order valence-electron chi connectivity index (χ0n) is 56.8. The maximum Gasteiger partial charge on any atom is 0.333 e. The van der Waals surface area contributed by atoms with Crippen molar-refractivity contribution in [3.05, 3.63) is 140 Å². The van der Waals surface area contributed by atoms with Crippen molar-refractivity contribution in [3.8, 4) is 51.7 Å². The van der Waals surface area contributed by atoms with Crippen LogP contribution in [-0.4, -0.2) is 154 Å². The zero-order chi connectivity index (χ0) is 70.7. The van der Waals surface area contributed by atoms with Gasteiger partial charge in [-0.25, -0.2) is 4.79 Å². The summed E-state index contributed by atoms with van der Waals surface area (Å²) in [6, 6.07) is 10.2. The molecular weight excluding hydrogens is 1280 g/mol. The number of aliphatic hydroxyl groups is 4. The molecule has 10 unspecified atom stereocenters. The number of rotatable bonds is 19. The van der Waals surface area contributed by atoms with Crippen LogP contribution in [0.5, 0.6) is 51.7 Å². The Bertz CT molecular complexity index is 4170. The van der Waals surface area contributed by atoms with Gasteiger partial charge in [0.2, 0.25) is 24.7 Å². The molecule has 2 amide bonds. The number of phenolic OH excluding ortho intramolecular Hbond substituents is 1. The van der Waals surface area contributed by atoms with Crippen LogP contribution in [0.15, 0.2) is 101 Å². The van der Waals surface area contributed by atoms with Crippen LogP contribution in [0, 0.1) is 23.7 Å². The van der Waals surface area contributed by atoms with Gasteiger partial charge >= 0.3 is 11.9 Å². The summed E-state index contributed by atoms with van der Waals surface area (Å²) in [7, 11) is 2.81. The fourth-order valence-corrected chi connectivity index (χ4v) is 15.9. The number of hydrogen-bond donors (Lipinski definition) is 7. The number of carbonyl (C=O) groups is 6. The average molecular weight is 1360 g/mol. The SMILES string of the molecule is COc1cc(C2c3cc4c(cc3C(NC(=O)/C(C)=C\CC35OC(C)(C)C6CC(C=C7C(=O)c8c(OC(=O)C(C)NC(=O)c9ccc(O[C@@H]%10O[C@H](CO)[C@@H](O)[C@@H](O)[C@H]%10O)cc9)c9c(c(CC=C(C)C)c8OC763)OC(C)(CCC=C(C)C)C=C9)C5=O)C3COC(=O)C23)OCO4)cc(OC)c1O. The van der Waals surface area contributed by atoms with Gasteiger partial charge in [-0.1, -0.05) is 35.5 Å². The van der Waals surface area contributed by atoms with Crippen molar-refractivity contribution in [1.82, 2.24) is 10.6 Å². The molecule has 7 N–H and O–H groups in total. The smallest absolute Gasteiger partial charge is 0.333 e. The molecule has 3 saturated heterocycles. The largest absolute Gasteiger partial charge is 0.502 e. The van der Waals surface area contributed by atoms with E-state index in [2.05, 4.69) is 16.7 Å². The first kappa shape index (κ1) is 68.5. The molecule has 15 atom stereocenters. The highest BCUT2D eigenvalue weighted by molar-refractivity contribution is 6.19. The quantitative estimate of drug-likeness (QED) is 0.0206. The number of allylic oxidation sites excluding steroid dienone is 5. The number of carbonyl (C=O) groups excluding carboxylic acids is 6. The number of nitrogens with one attached hydrogen (secondary N) is 2. The number of esters is 2. The minimum atomic E-state index is -1.93. The molecule has 10 aliphatic rings. The van der Waals surface area contributed by atoms with E-state index in [0.29, 0.717) is 46.6 Å². The molecule has 14 rings (SSSR count). The Labute approximate surface area is 571 Å². The van der Waals surface area contributed by atoms with Crippen molar-refractivity contribution in [2.24, 2.45) is 23.7 Å². The molecular formula is C75H82N2O22. The number of benzene rings is 4. The Kier molecular flexibility index (Phi) is 17.7. The molecule has 1 spiro atoms. The first-order chi connectivity index (χ1) is 47.1. The minimum absolute atomic E-state index is 0.00494. The number of methoxy groups -OCH3 is 2. The lowest BCUT2D eigenvalue weighted by Gasteiger charge is -2.56. The predicted octanol–water partition coefficient (Wildman–Crippen LogP) is 7.60.